The number of amides is 1. The van der Waals surface area contributed by atoms with Crippen molar-refractivity contribution in [2.45, 2.75) is 32.1 Å². The molecule has 1 aliphatic carbocycles. The summed E-state index contributed by atoms with van der Waals surface area (Å²) in [6.45, 7) is 1.73. The predicted molar refractivity (Wildman–Crippen MR) is 90.6 cm³/mol. The zero-order valence-electron chi connectivity index (χ0n) is 13.0. The standard InChI is InChI=1S/C18H20N2O2S/c21-14-4-2-13(3-5-14)16-19-15(12-23-16)17(22)20-10-8-18(9-11-20)6-1-7-18/h2-5,12,21H,1,6-11H2. The van der Waals surface area contributed by atoms with Gasteiger partial charge in [-0.05, 0) is 55.4 Å². The van der Waals surface area contributed by atoms with Crippen molar-refractivity contribution in [2.24, 2.45) is 5.41 Å². The first kappa shape index (κ1) is 14.7. The summed E-state index contributed by atoms with van der Waals surface area (Å²) in [7, 11) is 0. The lowest BCUT2D eigenvalue weighted by atomic mass is 9.63. The summed E-state index contributed by atoms with van der Waals surface area (Å²) in [6, 6.07) is 6.93. The monoisotopic (exact) mass is 328 g/mol. The Morgan fingerprint density at radius 2 is 1.83 bits per heavy atom. The highest BCUT2D eigenvalue weighted by Crippen LogP contribution is 2.48. The van der Waals surface area contributed by atoms with Gasteiger partial charge in [-0.25, -0.2) is 4.98 Å². The number of likely N-dealkylation sites (tertiary alicyclic amines) is 1. The van der Waals surface area contributed by atoms with Gasteiger partial charge >= 0.3 is 0 Å². The van der Waals surface area contributed by atoms with E-state index in [0.717, 1.165) is 36.5 Å². The Balaban J connectivity index is 1.46. The smallest absolute Gasteiger partial charge is 0.273 e. The average Bonchev–Trinajstić information content (AvgIpc) is 3.03. The molecule has 0 bridgehead atoms. The van der Waals surface area contributed by atoms with Crippen LogP contribution in [-0.4, -0.2) is 34.0 Å². The lowest BCUT2D eigenvalue weighted by molar-refractivity contribution is 0.0283. The number of thiazole rings is 1. The first-order chi connectivity index (χ1) is 11.2. The minimum Gasteiger partial charge on any atom is -0.508 e. The van der Waals surface area contributed by atoms with Crippen LogP contribution in [-0.2, 0) is 0 Å². The van der Waals surface area contributed by atoms with E-state index >= 15 is 0 Å². The van der Waals surface area contributed by atoms with Crippen molar-refractivity contribution in [3.63, 3.8) is 0 Å². The van der Waals surface area contributed by atoms with Crippen molar-refractivity contribution in [3.05, 3.63) is 35.3 Å². The lowest BCUT2D eigenvalue weighted by Crippen LogP contribution is -2.45. The molecule has 4 nitrogen and oxygen atoms in total. The fourth-order valence-corrected chi connectivity index (χ4v) is 4.43. The largest absolute Gasteiger partial charge is 0.508 e. The summed E-state index contributed by atoms with van der Waals surface area (Å²) in [6.07, 6.45) is 6.34. The van der Waals surface area contributed by atoms with E-state index < -0.39 is 0 Å². The van der Waals surface area contributed by atoms with E-state index in [0.29, 0.717) is 11.1 Å². The molecule has 1 saturated heterocycles. The first-order valence-electron chi connectivity index (χ1n) is 8.20. The minimum absolute atomic E-state index is 0.0560. The SMILES string of the molecule is O=C(c1csc(-c2ccc(O)cc2)n1)N1CCC2(CCC2)CC1. The van der Waals surface area contributed by atoms with Crippen LogP contribution in [0.2, 0.25) is 0 Å². The van der Waals surface area contributed by atoms with Gasteiger partial charge < -0.3 is 10.0 Å². The zero-order chi connectivity index (χ0) is 15.9. The van der Waals surface area contributed by atoms with Gasteiger partial charge in [0.25, 0.3) is 5.91 Å². The summed E-state index contributed by atoms with van der Waals surface area (Å²) in [5.74, 6) is 0.292. The summed E-state index contributed by atoms with van der Waals surface area (Å²) >= 11 is 1.48. The normalized spacial score (nSPS) is 19.6. The van der Waals surface area contributed by atoms with Crippen molar-refractivity contribution in [3.8, 4) is 16.3 Å². The van der Waals surface area contributed by atoms with Crippen LogP contribution in [0, 0.1) is 5.41 Å². The molecule has 1 spiro atoms. The molecule has 120 valence electrons. The quantitative estimate of drug-likeness (QED) is 0.909. The van der Waals surface area contributed by atoms with Crippen molar-refractivity contribution in [2.75, 3.05) is 13.1 Å². The Labute approximate surface area is 139 Å². The number of hydrogen-bond donors (Lipinski definition) is 1. The number of aromatic nitrogens is 1. The summed E-state index contributed by atoms with van der Waals surface area (Å²) < 4.78 is 0. The molecular formula is C18H20N2O2S. The Hall–Kier alpha value is -1.88. The van der Waals surface area contributed by atoms with Crippen molar-refractivity contribution < 1.29 is 9.90 Å². The van der Waals surface area contributed by atoms with Crippen LogP contribution in [0.3, 0.4) is 0 Å². The second kappa shape index (κ2) is 5.64. The van der Waals surface area contributed by atoms with E-state index in [1.54, 1.807) is 12.1 Å². The van der Waals surface area contributed by atoms with E-state index in [9.17, 15) is 9.90 Å². The molecule has 2 fully saturated rings. The third kappa shape index (κ3) is 2.74. The molecule has 0 atom stereocenters. The summed E-state index contributed by atoms with van der Waals surface area (Å²) in [5, 5.41) is 12.0. The second-order valence-electron chi connectivity index (χ2n) is 6.73. The number of phenols is 1. The minimum atomic E-state index is 0.0560. The van der Waals surface area contributed by atoms with Crippen molar-refractivity contribution >= 4 is 17.2 Å². The molecule has 1 N–H and O–H groups in total. The van der Waals surface area contributed by atoms with Crippen LogP contribution in [0.4, 0.5) is 0 Å². The van der Waals surface area contributed by atoms with Gasteiger partial charge in [-0.3, -0.25) is 4.79 Å². The highest BCUT2D eigenvalue weighted by atomic mass is 32.1. The number of piperidine rings is 1. The molecule has 23 heavy (non-hydrogen) atoms. The van der Waals surface area contributed by atoms with Crippen molar-refractivity contribution in [1.82, 2.24) is 9.88 Å². The van der Waals surface area contributed by atoms with E-state index in [-0.39, 0.29) is 11.7 Å². The van der Waals surface area contributed by atoms with E-state index in [1.807, 2.05) is 22.4 Å². The van der Waals surface area contributed by atoms with E-state index in [1.165, 1.54) is 30.6 Å². The van der Waals surface area contributed by atoms with Crippen LogP contribution in [0.1, 0.15) is 42.6 Å². The maximum Gasteiger partial charge on any atom is 0.273 e. The third-order valence-corrected chi connectivity index (χ3v) is 6.25. The molecule has 1 saturated carbocycles. The number of benzene rings is 1. The molecule has 2 aromatic rings. The molecule has 0 radical (unpaired) electrons. The van der Waals surface area contributed by atoms with Crippen molar-refractivity contribution in [1.29, 1.82) is 0 Å². The van der Waals surface area contributed by atoms with E-state index in [4.69, 9.17) is 0 Å². The molecule has 1 amide bonds. The number of carbonyl (C=O) groups excluding carboxylic acids is 1. The fourth-order valence-electron chi connectivity index (χ4n) is 3.63. The Kier molecular flexibility index (Phi) is 3.60. The molecule has 4 rings (SSSR count). The molecule has 1 aromatic carbocycles. The molecule has 1 aromatic heterocycles. The molecule has 0 unspecified atom stereocenters. The number of aromatic hydroxyl groups is 1. The Morgan fingerprint density at radius 1 is 1.13 bits per heavy atom. The topological polar surface area (TPSA) is 53.4 Å². The lowest BCUT2D eigenvalue weighted by Gasteiger charge is -2.47. The number of nitrogens with zero attached hydrogens (tertiary/aromatic N) is 2. The van der Waals surface area contributed by atoms with Crippen LogP contribution in [0.15, 0.2) is 29.6 Å². The highest BCUT2D eigenvalue weighted by Gasteiger charge is 2.40. The Morgan fingerprint density at radius 3 is 2.43 bits per heavy atom. The zero-order valence-corrected chi connectivity index (χ0v) is 13.8. The van der Waals surface area contributed by atoms with Gasteiger partial charge in [0.05, 0.1) is 0 Å². The fraction of sp³-hybridized carbons (Fsp3) is 0.444. The molecule has 2 heterocycles. The van der Waals surface area contributed by atoms with Crippen LogP contribution in [0.25, 0.3) is 10.6 Å². The highest BCUT2D eigenvalue weighted by molar-refractivity contribution is 7.13. The van der Waals surface area contributed by atoms with Gasteiger partial charge in [0.15, 0.2) is 0 Å². The molecule has 2 aliphatic rings. The number of carbonyl (C=O) groups is 1. The molecular weight excluding hydrogens is 308 g/mol. The summed E-state index contributed by atoms with van der Waals surface area (Å²) in [4.78, 5) is 19.1. The van der Waals surface area contributed by atoms with Gasteiger partial charge in [-0.1, -0.05) is 6.42 Å². The third-order valence-electron chi connectivity index (χ3n) is 5.36. The molecule has 1 aliphatic heterocycles. The maximum atomic E-state index is 12.6. The van der Waals surface area contributed by atoms with E-state index in [2.05, 4.69) is 4.98 Å². The number of hydrogen-bond acceptors (Lipinski definition) is 4. The predicted octanol–water partition coefficient (Wildman–Crippen LogP) is 3.92. The second-order valence-corrected chi connectivity index (χ2v) is 7.59. The van der Waals surface area contributed by atoms with Gasteiger partial charge in [0.1, 0.15) is 16.5 Å². The summed E-state index contributed by atoms with van der Waals surface area (Å²) in [5.41, 5.74) is 2.03. The Bertz CT molecular complexity index is 709. The van der Waals surface area contributed by atoms with Gasteiger partial charge in [-0.2, -0.15) is 0 Å². The van der Waals surface area contributed by atoms with Crippen LogP contribution >= 0.6 is 11.3 Å². The average molecular weight is 328 g/mol. The first-order valence-corrected chi connectivity index (χ1v) is 9.07. The van der Waals surface area contributed by atoms with Crippen LogP contribution in [0.5, 0.6) is 5.75 Å². The van der Waals surface area contributed by atoms with Gasteiger partial charge in [0, 0.05) is 24.0 Å². The van der Waals surface area contributed by atoms with Gasteiger partial charge in [0.2, 0.25) is 0 Å². The molecule has 5 heteroatoms. The number of rotatable bonds is 2. The van der Waals surface area contributed by atoms with Gasteiger partial charge in [-0.15, -0.1) is 11.3 Å². The maximum absolute atomic E-state index is 12.6. The van der Waals surface area contributed by atoms with Crippen LogP contribution < -0.4 is 0 Å². The number of phenolic OH excluding ortho intramolecular Hbond substituents is 1.